The molecule has 1 aromatic rings. The Morgan fingerprint density at radius 1 is 1.24 bits per heavy atom. The molecule has 0 spiro atoms. The molecule has 0 amide bonds. The van der Waals surface area contributed by atoms with Crippen molar-refractivity contribution in [2.24, 2.45) is 0 Å². The summed E-state index contributed by atoms with van der Waals surface area (Å²) in [6.45, 7) is 6.79. The van der Waals surface area contributed by atoms with Crippen LogP contribution in [0.3, 0.4) is 0 Å². The maximum Gasteiger partial charge on any atom is 0.292 e. The molecule has 1 N–H and O–H groups in total. The van der Waals surface area contributed by atoms with Crippen molar-refractivity contribution < 1.29 is 4.92 Å². The Labute approximate surface area is 102 Å². The van der Waals surface area contributed by atoms with Crippen molar-refractivity contribution in [3.8, 4) is 0 Å². The summed E-state index contributed by atoms with van der Waals surface area (Å²) in [4.78, 5) is 10.6. The molecule has 0 saturated heterocycles. The van der Waals surface area contributed by atoms with Crippen LogP contribution < -0.4 is 5.32 Å². The molecule has 0 aromatic heterocycles. The first-order chi connectivity index (χ1) is 8.06. The molecule has 0 fully saturated rings. The van der Waals surface area contributed by atoms with Crippen LogP contribution in [-0.4, -0.2) is 11.5 Å². The number of nitrogens with zero attached hydrogens (tertiary/aromatic N) is 1. The zero-order chi connectivity index (χ0) is 12.8. The summed E-state index contributed by atoms with van der Waals surface area (Å²) in [5, 5.41) is 14.1. The van der Waals surface area contributed by atoms with E-state index in [0.29, 0.717) is 5.69 Å². The summed E-state index contributed by atoms with van der Waals surface area (Å²) in [6.07, 6.45) is 3.34. The Morgan fingerprint density at radius 2 is 1.88 bits per heavy atom. The highest BCUT2D eigenvalue weighted by Gasteiger charge is 2.14. The van der Waals surface area contributed by atoms with Gasteiger partial charge in [0.15, 0.2) is 0 Å². The molecule has 0 aliphatic rings. The lowest BCUT2D eigenvalue weighted by Crippen LogP contribution is -2.05. The van der Waals surface area contributed by atoms with Crippen molar-refractivity contribution in [2.45, 2.75) is 40.0 Å². The molecule has 0 saturated carbocycles. The summed E-state index contributed by atoms with van der Waals surface area (Å²) in [6, 6.07) is 3.50. The van der Waals surface area contributed by atoms with Gasteiger partial charge in [-0.25, -0.2) is 0 Å². The van der Waals surface area contributed by atoms with Gasteiger partial charge in [-0.1, -0.05) is 19.8 Å². The topological polar surface area (TPSA) is 55.2 Å². The Bertz CT molecular complexity index is 403. The lowest BCUT2D eigenvalue weighted by molar-refractivity contribution is -0.384. The maximum atomic E-state index is 10.9. The molecular weight excluding hydrogens is 216 g/mol. The molecule has 0 heterocycles. The molecule has 0 unspecified atom stereocenters. The maximum absolute atomic E-state index is 10.9. The van der Waals surface area contributed by atoms with E-state index >= 15 is 0 Å². The Hall–Kier alpha value is -1.58. The molecular formula is C13H20N2O2. The minimum Gasteiger partial charge on any atom is -0.379 e. The SMILES string of the molecule is CCCCCNc1cc(C)c(C)cc1[N+](=O)[O-]. The van der Waals surface area contributed by atoms with Crippen LogP contribution in [0, 0.1) is 24.0 Å². The highest BCUT2D eigenvalue weighted by Crippen LogP contribution is 2.27. The predicted octanol–water partition coefficient (Wildman–Crippen LogP) is 3.81. The zero-order valence-corrected chi connectivity index (χ0v) is 10.7. The number of hydrogen-bond donors (Lipinski definition) is 1. The third-order valence-corrected chi connectivity index (χ3v) is 2.90. The number of nitro groups is 1. The third kappa shape index (κ3) is 3.73. The first-order valence-corrected chi connectivity index (χ1v) is 6.05. The summed E-state index contributed by atoms with van der Waals surface area (Å²) in [5.41, 5.74) is 2.84. The minimum atomic E-state index is -0.325. The zero-order valence-electron chi connectivity index (χ0n) is 10.7. The monoisotopic (exact) mass is 236 g/mol. The number of nitro benzene ring substituents is 1. The summed E-state index contributed by atoms with van der Waals surface area (Å²) in [7, 11) is 0. The van der Waals surface area contributed by atoms with E-state index in [1.165, 1.54) is 0 Å². The summed E-state index contributed by atoms with van der Waals surface area (Å²) in [5.74, 6) is 0. The molecule has 0 atom stereocenters. The van der Waals surface area contributed by atoms with Crippen molar-refractivity contribution in [3.05, 3.63) is 33.4 Å². The molecule has 1 rings (SSSR count). The summed E-state index contributed by atoms with van der Waals surface area (Å²) >= 11 is 0. The number of hydrogen-bond acceptors (Lipinski definition) is 3. The molecule has 1 aromatic carbocycles. The smallest absolute Gasteiger partial charge is 0.292 e. The first-order valence-electron chi connectivity index (χ1n) is 6.05. The van der Waals surface area contributed by atoms with Crippen LogP contribution in [0.2, 0.25) is 0 Å². The number of unbranched alkanes of at least 4 members (excludes halogenated alkanes) is 2. The van der Waals surface area contributed by atoms with E-state index in [1.54, 1.807) is 6.07 Å². The van der Waals surface area contributed by atoms with E-state index in [2.05, 4.69) is 12.2 Å². The lowest BCUT2D eigenvalue weighted by Gasteiger charge is -2.09. The second kappa shape index (κ2) is 6.23. The predicted molar refractivity (Wildman–Crippen MR) is 70.6 cm³/mol. The Morgan fingerprint density at radius 3 is 2.47 bits per heavy atom. The Kier molecular flexibility index (Phi) is 4.94. The van der Waals surface area contributed by atoms with Gasteiger partial charge in [-0.05, 0) is 37.5 Å². The highest BCUT2D eigenvalue weighted by atomic mass is 16.6. The van der Waals surface area contributed by atoms with Crippen molar-refractivity contribution in [1.82, 2.24) is 0 Å². The number of anilines is 1. The first kappa shape index (κ1) is 13.5. The van der Waals surface area contributed by atoms with Crippen LogP contribution in [-0.2, 0) is 0 Å². The Balaban J connectivity index is 2.81. The van der Waals surface area contributed by atoms with Crippen molar-refractivity contribution in [2.75, 3.05) is 11.9 Å². The molecule has 0 radical (unpaired) electrons. The van der Waals surface area contributed by atoms with Gasteiger partial charge in [0, 0.05) is 12.6 Å². The molecule has 0 bridgehead atoms. The van der Waals surface area contributed by atoms with Gasteiger partial charge in [-0.2, -0.15) is 0 Å². The van der Waals surface area contributed by atoms with Crippen LogP contribution in [0.1, 0.15) is 37.3 Å². The minimum absolute atomic E-state index is 0.171. The standard InChI is InChI=1S/C13H20N2O2/c1-4-5-6-7-14-12-8-10(2)11(3)9-13(12)15(16)17/h8-9,14H,4-7H2,1-3H3. The normalized spacial score (nSPS) is 10.3. The molecule has 4 nitrogen and oxygen atoms in total. The highest BCUT2D eigenvalue weighted by molar-refractivity contribution is 5.64. The quantitative estimate of drug-likeness (QED) is 0.464. The van der Waals surface area contributed by atoms with E-state index in [4.69, 9.17) is 0 Å². The van der Waals surface area contributed by atoms with Crippen LogP contribution in [0.15, 0.2) is 12.1 Å². The number of nitrogens with one attached hydrogen (secondary N) is 1. The van der Waals surface area contributed by atoms with E-state index in [-0.39, 0.29) is 10.6 Å². The van der Waals surface area contributed by atoms with Crippen LogP contribution in [0.5, 0.6) is 0 Å². The van der Waals surface area contributed by atoms with Crippen LogP contribution >= 0.6 is 0 Å². The van der Waals surface area contributed by atoms with Gasteiger partial charge in [0.1, 0.15) is 5.69 Å². The fraction of sp³-hybridized carbons (Fsp3) is 0.538. The van der Waals surface area contributed by atoms with E-state index < -0.39 is 0 Å². The largest absolute Gasteiger partial charge is 0.379 e. The number of aryl methyl sites for hydroxylation is 2. The average Bonchev–Trinajstić information content (AvgIpc) is 2.28. The molecule has 0 aliphatic heterocycles. The number of benzene rings is 1. The van der Waals surface area contributed by atoms with Gasteiger partial charge in [0.25, 0.3) is 5.69 Å². The van der Waals surface area contributed by atoms with Crippen molar-refractivity contribution >= 4 is 11.4 Å². The van der Waals surface area contributed by atoms with Crippen LogP contribution in [0.4, 0.5) is 11.4 Å². The number of rotatable bonds is 6. The van der Waals surface area contributed by atoms with E-state index in [1.807, 2.05) is 19.9 Å². The molecule has 4 heteroatoms. The second-order valence-corrected chi connectivity index (χ2v) is 4.34. The second-order valence-electron chi connectivity index (χ2n) is 4.34. The summed E-state index contributed by atoms with van der Waals surface area (Å²) < 4.78 is 0. The van der Waals surface area contributed by atoms with Gasteiger partial charge < -0.3 is 5.32 Å². The third-order valence-electron chi connectivity index (χ3n) is 2.90. The molecule has 94 valence electrons. The van der Waals surface area contributed by atoms with Crippen molar-refractivity contribution in [1.29, 1.82) is 0 Å². The fourth-order valence-corrected chi connectivity index (χ4v) is 1.69. The van der Waals surface area contributed by atoms with Crippen molar-refractivity contribution in [3.63, 3.8) is 0 Å². The van der Waals surface area contributed by atoms with Gasteiger partial charge >= 0.3 is 0 Å². The van der Waals surface area contributed by atoms with Gasteiger partial charge in [-0.15, -0.1) is 0 Å². The van der Waals surface area contributed by atoms with E-state index in [0.717, 1.165) is 36.9 Å². The van der Waals surface area contributed by atoms with Gasteiger partial charge in [0.2, 0.25) is 0 Å². The van der Waals surface area contributed by atoms with Gasteiger partial charge in [0.05, 0.1) is 4.92 Å². The molecule has 17 heavy (non-hydrogen) atoms. The van der Waals surface area contributed by atoms with E-state index in [9.17, 15) is 10.1 Å². The lowest BCUT2D eigenvalue weighted by atomic mass is 10.1. The average molecular weight is 236 g/mol. The fourth-order valence-electron chi connectivity index (χ4n) is 1.69. The molecule has 0 aliphatic carbocycles. The van der Waals surface area contributed by atoms with Gasteiger partial charge in [-0.3, -0.25) is 10.1 Å². The van der Waals surface area contributed by atoms with Crippen LogP contribution in [0.25, 0.3) is 0 Å².